The number of fused-ring (bicyclic) bond motifs is 1. The Morgan fingerprint density at radius 1 is 1.26 bits per heavy atom. The number of aromatic nitrogens is 1. The standard InChI is InChI=1S/C21H21N3O3/c1-14-7-8-19(18-6-2-5-17(14)18)27-20-12-15(9-10-22-20)21(24-25)23-13-16-4-3-11-26-16/h3-4,7-12,25H,2,5-6,13H2,1H3,(H,23,24). The quantitative estimate of drug-likeness (QED) is 0.404. The summed E-state index contributed by atoms with van der Waals surface area (Å²) in [6.45, 7) is 2.46. The van der Waals surface area contributed by atoms with Crippen LogP contribution in [0, 0.1) is 6.92 Å². The van der Waals surface area contributed by atoms with Gasteiger partial charge < -0.3 is 9.15 Å². The summed E-state index contributed by atoms with van der Waals surface area (Å²) in [6, 6.07) is 11.2. The van der Waals surface area contributed by atoms with Crippen LogP contribution in [-0.2, 0) is 19.4 Å². The minimum absolute atomic E-state index is 0.319. The Balaban J connectivity index is 1.57. The fourth-order valence-corrected chi connectivity index (χ4v) is 3.42. The zero-order chi connectivity index (χ0) is 18.6. The maximum absolute atomic E-state index is 9.47. The van der Waals surface area contributed by atoms with E-state index < -0.39 is 0 Å². The highest BCUT2D eigenvalue weighted by Gasteiger charge is 2.18. The highest BCUT2D eigenvalue weighted by Crippen LogP contribution is 2.35. The summed E-state index contributed by atoms with van der Waals surface area (Å²) in [5.74, 6) is 2.35. The third-order valence-electron chi connectivity index (χ3n) is 4.78. The molecule has 1 aromatic carbocycles. The molecule has 2 heterocycles. The fraction of sp³-hybridized carbons (Fsp3) is 0.238. The van der Waals surface area contributed by atoms with E-state index in [1.54, 1.807) is 30.7 Å². The topological polar surface area (TPSA) is 79.9 Å². The van der Waals surface area contributed by atoms with E-state index in [9.17, 15) is 5.21 Å². The number of hydrogen-bond donors (Lipinski definition) is 2. The van der Waals surface area contributed by atoms with Gasteiger partial charge in [-0.3, -0.25) is 15.7 Å². The number of aliphatic imine (C=N–C) groups is 1. The normalized spacial score (nSPS) is 13.5. The number of ether oxygens (including phenoxy) is 1. The van der Waals surface area contributed by atoms with Crippen molar-refractivity contribution >= 4 is 5.84 Å². The Bertz CT molecular complexity index is 965. The number of hydrogen-bond acceptors (Lipinski definition) is 5. The number of nitrogens with zero attached hydrogens (tertiary/aromatic N) is 2. The molecule has 2 N–H and O–H groups in total. The maximum Gasteiger partial charge on any atom is 0.219 e. The van der Waals surface area contributed by atoms with Crippen molar-refractivity contribution in [1.82, 2.24) is 10.5 Å². The van der Waals surface area contributed by atoms with Crippen LogP contribution in [0.2, 0.25) is 0 Å². The molecule has 27 heavy (non-hydrogen) atoms. The molecule has 6 nitrogen and oxygen atoms in total. The average Bonchev–Trinajstić information content (AvgIpc) is 3.37. The van der Waals surface area contributed by atoms with Crippen molar-refractivity contribution in [3.8, 4) is 11.6 Å². The zero-order valence-electron chi connectivity index (χ0n) is 15.1. The molecule has 0 amide bonds. The largest absolute Gasteiger partial charge is 0.467 e. The molecule has 0 aliphatic heterocycles. The van der Waals surface area contributed by atoms with Crippen molar-refractivity contribution in [2.75, 3.05) is 0 Å². The lowest BCUT2D eigenvalue weighted by Crippen LogP contribution is -2.20. The molecule has 0 saturated heterocycles. The van der Waals surface area contributed by atoms with Gasteiger partial charge in [0, 0.05) is 17.8 Å². The van der Waals surface area contributed by atoms with E-state index >= 15 is 0 Å². The predicted octanol–water partition coefficient (Wildman–Crippen LogP) is 4.19. The van der Waals surface area contributed by atoms with E-state index in [-0.39, 0.29) is 0 Å². The number of rotatable bonds is 5. The van der Waals surface area contributed by atoms with Crippen molar-refractivity contribution < 1.29 is 14.4 Å². The second-order valence-electron chi connectivity index (χ2n) is 6.53. The van der Waals surface area contributed by atoms with Gasteiger partial charge in [-0.25, -0.2) is 4.98 Å². The number of amidine groups is 1. The van der Waals surface area contributed by atoms with Gasteiger partial charge in [-0.15, -0.1) is 0 Å². The minimum atomic E-state index is 0.319. The van der Waals surface area contributed by atoms with Crippen molar-refractivity contribution in [3.63, 3.8) is 0 Å². The molecule has 2 aromatic heterocycles. The lowest BCUT2D eigenvalue weighted by Gasteiger charge is -2.12. The van der Waals surface area contributed by atoms with Gasteiger partial charge in [-0.05, 0) is 67.1 Å². The van der Waals surface area contributed by atoms with Crippen LogP contribution < -0.4 is 10.2 Å². The second kappa shape index (κ2) is 7.63. The van der Waals surface area contributed by atoms with Crippen LogP contribution in [0.1, 0.15) is 34.4 Å². The fourth-order valence-electron chi connectivity index (χ4n) is 3.42. The first-order valence-electron chi connectivity index (χ1n) is 8.97. The molecule has 0 spiro atoms. The van der Waals surface area contributed by atoms with Gasteiger partial charge in [0.2, 0.25) is 5.88 Å². The summed E-state index contributed by atoms with van der Waals surface area (Å²) in [4.78, 5) is 8.66. The van der Waals surface area contributed by atoms with Gasteiger partial charge in [0.25, 0.3) is 0 Å². The van der Waals surface area contributed by atoms with Crippen LogP contribution in [-0.4, -0.2) is 16.0 Å². The minimum Gasteiger partial charge on any atom is -0.467 e. The smallest absolute Gasteiger partial charge is 0.219 e. The summed E-state index contributed by atoms with van der Waals surface area (Å²) in [7, 11) is 0. The monoisotopic (exact) mass is 363 g/mol. The Morgan fingerprint density at radius 3 is 2.96 bits per heavy atom. The number of benzene rings is 1. The second-order valence-corrected chi connectivity index (χ2v) is 6.53. The van der Waals surface area contributed by atoms with Crippen LogP contribution in [0.25, 0.3) is 0 Å². The third-order valence-corrected chi connectivity index (χ3v) is 4.78. The van der Waals surface area contributed by atoms with E-state index in [0.29, 0.717) is 29.6 Å². The summed E-state index contributed by atoms with van der Waals surface area (Å²) >= 11 is 0. The number of hydroxylamine groups is 1. The molecule has 1 aliphatic rings. The Morgan fingerprint density at radius 2 is 2.15 bits per heavy atom. The molecule has 0 fully saturated rings. The highest BCUT2D eigenvalue weighted by atomic mass is 16.5. The molecule has 138 valence electrons. The summed E-state index contributed by atoms with van der Waals surface area (Å²) in [5.41, 5.74) is 6.80. The predicted molar refractivity (Wildman–Crippen MR) is 101 cm³/mol. The van der Waals surface area contributed by atoms with Gasteiger partial charge in [-0.2, -0.15) is 0 Å². The van der Waals surface area contributed by atoms with Crippen LogP contribution in [0.4, 0.5) is 0 Å². The van der Waals surface area contributed by atoms with Gasteiger partial charge in [0.05, 0.1) is 12.8 Å². The van der Waals surface area contributed by atoms with Crippen molar-refractivity contribution in [2.24, 2.45) is 4.99 Å². The lowest BCUT2D eigenvalue weighted by atomic mass is 10.0. The Kier molecular flexibility index (Phi) is 4.89. The van der Waals surface area contributed by atoms with Gasteiger partial charge in [0.1, 0.15) is 11.5 Å². The molecule has 1 aliphatic carbocycles. The molecule has 0 unspecified atom stereocenters. The first kappa shape index (κ1) is 17.3. The first-order valence-corrected chi connectivity index (χ1v) is 8.97. The van der Waals surface area contributed by atoms with E-state index in [1.165, 1.54) is 16.7 Å². The van der Waals surface area contributed by atoms with Gasteiger partial charge >= 0.3 is 0 Å². The number of pyridine rings is 1. The molecule has 4 rings (SSSR count). The molecule has 0 bridgehead atoms. The number of aryl methyl sites for hydroxylation is 1. The van der Waals surface area contributed by atoms with Gasteiger partial charge in [0.15, 0.2) is 5.84 Å². The van der Waals surface area contributed by atoms with Crippen LogP contribution in [0.15, 0.2) is 58.3 Å². The molecular formula is C21H21N3O3. The van der Waals surface area contributed by atoms with E-state index in [2.05, 4.69) is 28.4 Å². The molecular weight excluding hydrogens is 342 g/mol. The lowest BCUT2D eigenvalue weighted by molar-refractivity contribution is 0.234. The Labute approximate surface area is 157 Å². The van der Waals surface area contributed by atoms with Gasteiger partial charge in [-0.1, -0.05) is 6.07 Å². The van der Waals surface area contributed by atoms with E-state index in [4.69, 9.17) is 9.15 Å². The number of nitrogens with one attached hydrogen (secondary N) is 1. The van der Waals surface area contributed by atoms with E-state index in [1.807, 2.05) is 12.1 Å². The van der Waals surface area contributed by atoms with E-state index in [0.717, 1.165) is 25.0 Å². The van der Waals surface area contributed by atoms with Crippen molar-refractivity contribution in [3.05, 3.63) is 76.9 Å². The van der Waals surface area contributed by atoms with Crippen molar-refractivity contribution in [1.29, 1.82) is 0 Å². The molecule has 0 radical (unpaired) electrons. The summed E-state index contributed by atoms with van der Waals surface area (Å²) in [5, 5.41) is 9.47. The highest BCUT2D eigenvalue weighted by molar-refractivity contribution is 5.98. The van der Waals surface area contributed by atoms with Crippen LogP contribution in [0.3, 0.4) is 0 Å². The molecule has 3 aromatic rings. The summed E-state index contributed by atoms with van der Waals surface area (Å²) in [6.07, 6.45) is 6.51. The first-order chi connectivity index (χ1) is 13.2. The Hall–Kier alpha value is -3.12. The van der Waals surface area contributed by atoms with Crippen LogP contribution >= 0.6 is 0 Å². The van der Waals surface area contributed by atoms with Crippen LogP contribution in [0.5, 0.6) is 11.6 Å². The zero-order valence-corrected chi connectivity index (χ0v) is 15.1. The third kappa shape index (κ3) is 3.71. The number of furan rings is 1. The SMILES string of the molecule is Cc1ccc(Oc2cc(C(=NCc3ccco3)NO)ccn2)c2c1CCC2. The average molecular weight is 363 g/mol. The summed E-state index contributed by atoms with van der Waals surface area (Å²) < 4.78 is 11.3. The molecule has 0 saturated carbocycles. The molecule has 0 atom stereocenters. The maximum atomic E-state index is 9.47. The van der Waals surface area contributed by atoms with Crippen molar-refractivity contribution in [2.45, 2.75) is 32.7 Å². The molecule has 6 heteroatoms.